The van der Waals surface area contributed by atoms with Gasteiger partial charge in [0.25, 0.3) is 0 Å². The molecule has 0 saturated carbocycles. The number of para-hydroxylation sites is 1. The molecule has 2 heterocycles. The van der Waals surface area contributed by atoms with E-state index < -0.39 is 23.9 Å². The molecule has 1 aliphatic carbocycles. The summed E-state index contributed by atoms with van der Waals surface area (Å²) in [6, 6.07) is 12.5. The second kappa shape index (κ2) is 12.7. The van der Waals surface area contributed by atoms with Crippen LogP contribution in [0.5, 0.6) is 0 Å². The number of amides is 2. The second-order valence-corrected chi connectivity index (χ2v) is 10.4. The third kappa shape index (κ3) is 5.70. The van der Waals surface area contributed by atoms with Crippen molar-refractivity contribution >= 4 is 23.6 Å². The van der Waals surface area contributed by atoms with Crippen LogP contribution in [0, 0.1) is 17.8 Å². The van der Waals surface area contributed by atoms with Crippen molar-refractivity contribution in [2.24, 2.45) is 17.8 Å². The van der Waals surface area contributed by atoms with E-state index >= 15 is 0 Å². The quantitative estimate of drug-likeness (QED) is 0.267. The zero-order chi connectivity index (χ0) is 27.2. The Morgan fingerprint density at radius 3 is 2.45 bits per heavy atom. The molecule has 2 aliphatic rings. The van der Waals surface area contributed by atoms with Crippen molar-refractivity contribution < 1.29 is 29.3 Å². The van der Waals surface area contributed by atoms with E-state index in [4.69, 9.17) is 4.42 Å². The number of carbonyl (C=O) groups excluding carboxylic acids is 2. The normalized spacial score (nSPS) is 22.8. The molecule has 2 amide bonds. The van der Waals surface area contributed by atoms with Gasteiger partial charge in [-0.2, -0.15) is 0 Å². The zero-order valence-corrected chi connectivity index (χ0v) is 22.3. The Bertz CT molecular complexity index is 1180. The first-order chi connectivity index (χ1) is 18.4. The largest absolute Gasteiger partial charge is 0.459 e. The summed E-state index contributed by atoms with van der Waals surface area (Å²) in [7, 11) is 0. The van der Waals surface area contributed by atoms with Crippen LogP contribution in [0.15, 0.2) is 63.6 Å². The Kier molecular flexibility index (Phi) is 9.36. The van der Waals surface area contributed by atoms with Crippen LogP contribution in [-0.2, 0) is 16.2 Å². The zero-order valence-electron chi connectivity index (χ0n) is 22.3. The maximum atomic E-state index is 13.6. The number of aliphatic hydroxyl groups excluding tert-OH is 3. The molecule has 204 valence electrons. The lowest BCUT2D eigenvalue weighted by atomic mass is 9.67. The molecule has 1 aliphatic heterocycles. The van der Waals surface area contributed by atoms with Crippen molar-refractivity contribution in [1.29, 1.82) is 0 Å². The number of imide groups is 1. The Labute approximate surface area is 224 Å². The SMILES string of the molecule is CCCC1=C([C@H](O)CC/C(=C/c2ccc(CO)o2)CCC)[C@H](CO)[C@@H]2C(=O)N(c3ccccc3)C(=O)[C@@H]2C1. The molecule has 1 fully saturated rings. The highest BCUT2D eigenvalue weighted by molar-refractivity contribution is 6.22. The number of hydrogen-bond donors (Lipinski definition) is 3. The van der Waals surface area contributed by atoms with E-state index in [1.807, 2.05) is 18.2 Å². The van der Waals surface area contributed by atoms with E-state index in [0.29, 0.717) is 42.9 Å². The molecule has 38 heavy (non-hydrogen) atoms. The predicted molar refractivity (Wildman–Crippen MR) is 146 cm³/mol. The molecule has 2 aromatic rings. The highest BCUT2D eigenvalue weighted by Crippen LogP contribution is 2.48. The summed E-state index contributed by atoms with van der Waals surface area (Å²) in [5.74, 6) is -1.13. The van der Waals surface area contributed by atoms with E-state index in [2.05, 4.69) is 13.8 Å². The smallest absolute Gasteiger partial charge is 0.238 e. The summed E-state index contributed by atoms with van der Waals surface area (Å²) in [6.45, 7) is 3.70. The fourth-order valence-corrected chi connectivity index (χ4v) is 6.16. The van der Waals surface area contributed by atoms with Crippen LogP contribution in [-0.4, -0.2) is 39.8 Å². The van der Waals surface area contributed by atoms with Crippen LogP contribution < -0.4 is 4.90 Å². The number of allylic oxidation sites excluding steroid dienone is 2. The molecule has 4 atom stereocenters. The summed E-state index contributed by atoms with van der Waals surface area (Å²) in [5, 5.41) is 31.3. The minimum absolute atomic E-state index is 0.155. The lowest BCUT2D eigenvalue weighted by molar-refractivity contribution is -0.123. The van der Waals surface area contributed by atoms with Gasteiger partial charge in [-0.3, -0.25) is 14.5 Å². The van der Waals surface area contributed by atoms with E-state index in [-0.39, 0.29) is 25.0 Å². The number of nitrogens with zero attached hydrogens (tertiary/aromatic N) is 1. The predicted octanol–water partition coefficient (Wildman–Crippen LogP) is 5.01. The van der Waals surface area contributed by atoms with Gasteiger partial charge in [-0.1, -0.05) is 56.0 Å². The number of benzene rings is 1. The number of hydrogen-bond acceptors (Lipinski definition) is 6. The van der Waals surface area contributed by atoms with Crippen molar-refractivity contribution in [1.82, 2.24) is 0 Å². The lowest BCUT2D eigenvalue weighted by Crippen LogP contribution is -2.39. The third-order valence-corrected chi connectivity index (χ3v) is 7.80. The fraction of sp³-hybridized carbons (Fsp3) is 0.484. The standard InChI is InChI=1S/C31H39NO6/c1-3-8-20(16-23-13-14-24(18-33)38-23)12-15-27(35)28-21(9-4-2)17-25-29(26(28)19-34)31(37)32(30(25)36)22-10-6-5-7-11-22/h5-7,10-11,13-14,16,25-27,29,33-35H,3-4,8-9,12,15,17-19H2,1-2H3/b20-16+/t25-,26+,27-,29-/m1/s1. The molecule has 3 N–H and O–H groups in total. The number of furan rings is 1. The van der Waals surface area contributed by atoms with Crippen molar-refractivity contribution in [3.05, 3.63) is 70.7 Å². The minimum Gasteiger partial charge on any atom is -0.459 e. The van der Waals surface area contributed by atoms with Crippen molar-refractivity contribution in [3.63, 3.8) is 0 Å². The minimum atomic E-state index is -0.826. The van der Waals surface area contributed by atoms with Crippen LogP contribution in [0.4, 0.5) is 5.69 Å². The Balaban J connectivity index is 1.59. The molecule has 4 rings (SSSR count). The van der Waals surface area contributed by atoms with Crippen molar-refractivity contribution in [2.45, 2.75) is 71.5 Å². The fourth-order valence-electron chi connectivity index (χ4n) is 6.16. The van der Waals surface area contributed by atoms with Crippen molar-refractivity contribution in [2.75, 3.05) is 11.5 Å². The second-order valence-electron chi connectivity index (χ2n) is 10.4. The van der Waals surface area contributed by atoms with Crippen molar-refractivity contribution in [3.8, 4) is 0 Å². The van der Waals surface area contributed by atoms with E-state index in [1.54, 1.807) is 30.3 Å². The molecule has 1 saturated heterocycles. The van der Waals surface area contributed by atoms with Gasteiger partial charge in [0.1, 0.15) is 18.1 Å². The summed E-state index contributed by atoms with van der Waals surface area (Å²) < 4.78 is 5.63. The molecule has 7 heteroatoms. The maximum Gasteiger partial charge on any atom is 0.238 e. The maximum absolute atomic E-state index is 13.6. The number of rotatable bonds is 12. The molecule has 0 bridgehead atoms. The van der Waals surface area contributed by atoms with Gasteiger partial charge in [0.2, 0.25) is 11.8 Å². The molecular formula is C31H39NO6. The van der Waals surface area contributed by atoms with Gasteiger partial charge in [-0.25, -0.2) is 0 Å². The van der Waals surface area contributed by atoms with Crippen LogP contribution in [0.2, 0.25) is 0 Å². The first-order valence-electron chi connectivity index (χ1n) is 13.8. The van der Waals surface area contributed by atoms with Gasteiger partial charge in [0, 0.05) is 5.92 Å². The average molecular weight is 522 g/mol. The monoisotopic (exact) mass is 521 g/mol. The van der Waals surface area contributed by atoms with Gasteiger partial charge >= 0.3 is 0 Å². The molecule has 7 nitrogen and oxygen atoms in total. The van der Waals surface area contributed by atoms with Gasteiger partial charge in [0.15, 0.2) is 0 Å². The Morgan fingerprint density at radius 2 is 1.82 bits per heavy atom. The molecule has 1 aromatic carbocycles. The van der Waals surface area contributed by atoms with Gasteiger partial charge < -0.3 is 19.7 Å². The average Bonchev–Trinajstić information content (AvgIpc) is 3.48. The summed E-state index contributed by atoms with van der Waals surface area (Å²) >= 11 is 0. The Morgan fingerprint density at radius 1 is 1.05 bits per heavy atom. The van der Waals surface area contributed by atoms with Gasteiger partial charge in [-0.15, -0.1) is 0 Å². The van der Waals surface area contributed by atoms with E-state index in [1.165, 1.54) is 4.90 Å². The van der Waals surface area contributed by atoms with Crippen LogP contribution in [0.3, 0.4) is 0 Å². The summed E-state index contributed by atoms with van der Waals surface area (Å²) in [6.07, 6.45) is 5.99. The lowest BCUT2D eigenvalue weighted by Gasteiger charge is -2.36. The molecular weight excluding hydrogens is 482 g/mol. The van der Waals surface area contributed by atoms with Crippen LogP contribution in [0.1, 0.15) is 70.3 Å². The number of fused-ring (bicyclic) bond motifs is 1. The molecule has 1 aromatic heterocycles. The Hall–Kier alpha value is -3.00. The van der Waals surface area contributed by atoms with E-state index in [9.17, 15) is 24.9 Å². The van der Waals surface area contributed by atoms with Crippen LogP contribution in [0.25, 0.3) is 6.08 Å². The van der Waals surface area contributed by atoms with Gasteiger partial charge in [0.05, 0.1) is 30.2 Å². The summed E-state index contributed by atoms with van der Waals surface area (Å²) in [5.41, 5.74) is 3.41. The number of aliphatic hydroxyl groups is 3. The van der Waals surface area contributed by atoms with Crippen LogP contribution >= 0.6 is 0 Å². The molecule has 0 unspecified atom stereocenters. The van der Waals surface area contributed by atoms with Gasteiger partial charge in [-0.05, 0) is 68.0 Å². The number of carbonyl (C=O) groups is 2. The van der Waals surface area contributed by atoms with E-state index in [0.717, 1.165) is 36.0 Å². The summed E-state index contributed by atoms with van der Waals surface area (Å²) in [4.78, 5) is 28.3. The number of anilines is 1. The molecule has 0 spiro atoms. The highest BCUT2D eigenvalue weighted by Gasteiger charge is 2.55. The molecule has 0 radical (unpaired) electrons. The first kappa shape index (κ1) is 28.0. The topological polar surface area (TPSA) is 111 Å². The third-order valence-electron chi connectivity index (χ3n) is 7.80. The first-order valence-corrected chi connectivity index (χ1v) is 13.8. The highest BCUT2D eigenvalue weighted by atomic mass is 16.4.